The molecule has 0 spiro atoms. The van der Waals surface area contributed by atoms with Crippen LogP contribution in [0.4, 0.5) is 5.82 Å². The van der Waals surface area contributed by atoms with Gasteiger partial charge in [0.2, 0.25) is 0 Å². The summed E-state index contributed by atoms with van der Waals surface area (Å²) in [5.74, 6) is 0.890. The maximum atomic E-state index is 10.8. The van der Waals surface area contributed by atoms with E-state index < -0.39 is 9.84 Å². The molecule has 1 N–H and O–H groups in total. The molecule has 4 nitrogen and oxygen atoms in total. The Bertz CT molecular complexity index is 403. The maximum absolute atomic E-state index is 10.8. The van der Waals surface area contributed by atoms with E-state index in [1.54, 1.807) is 18.3 Å². The molecule has 0 saturated carbocycles. The van der Waals surface area contributed by atoms with Gasteiger partial charge >= 0.3 is 0 Å². The highest BCUT2D eigenvalue weighted by atomic mass is 35.5. The van der Waals surface area contributed by atoms with Gasteiger partial charge in [-0.2, -0.15) is 0 Å². The highest BCUT2D eigenvalue weighted by Gasteiger charge is 2.01. The molecular formula is C9H13ClN2O2S. The lowest BCUT2D eigenvalue weighted by molar-refractivity contribution is 0.600. The third kappa shape index (κ3) is 5.59. The molecule has 0 aliphatic carbocycles. The van der Waals surface area contributed by atoms with Gasteiger partial charge in [-0.15, -0.1) is 0 Å². The highest BCUT2D eigenvalue weighted by molar-refractivity contribution is 7.90. The third-order valence-corrected chi connectivity index (χ3v) is 2.98. The number of sulfone groups is 1. The number of hydrogen-bond donors (Lipinski definition) is 1. The molecule has 0 unspecified atom stereocenters. The summed E-state index contributed by atoms with van der Waals surface area (Å²) in [7, 11) is -2.87. The molecule has 0 amide bonds. The molecular weight excluding hydrogens is 236 g/mol. The largest absolute Gasteiger partial charge is 0.370 e. The van der Waals surface area contributed by atoms with Gasteiger partial charge in [-0.05, 0) is 18.6 Å². The van der Waals surface area contributed by atoms with Gasteiger partial charge in [0.1, 0.15) is 15.7 Å². The molecule has 0 saturated heterocycles. The monoisotopic (exact) mass is 248 g/mol. The van der Waals surface area contributed by atoms with Crippen molar-refractivity contribution in [3.05, 3.63) is 23.4 Å². The van der Waals surface area contributed by atoms with Crippen LogP contribution < -0.4 is 5.32 Å². The first-order chi connectivity index (χ1) is 6.97. The number of nitrogens with one attached hydrogen (secondary N) is 1. The Hall–Kier alpha value is -0.810. The van der Waals surface area contributed by atoms with Gasteiger partial charge in [-0.1, -0.05) is 11.6 Å². The molecule has 1 aromatic heterocycles. The van der Waals surface area contributed by atoms with Crippen LogP contribution >= 0.6 is 11.6 Å². The Morgan fingerprint density at radius 2 is 2.20 bits per heavy atom. The van der Waals surface area contributed by atoms with E-state index in [1.165, 1.54) is 6.26 Å². The van der Waals surface area contributed by atoms with E-state index in [1.807, 2.05) is 0 Å². The van der Waals surface area contributed by atoms with E-state index in [2.05, 4.69) is 10.3 Å². The van der Waals surface area contributed by atoms with Crippen LogP contribution in [0.1, 0.15) is 6.42 Å². The average Bonchev–Trinajstić information content (AvgIpc) is 2.14. The molecule has 0 aromatic carbocycles. The number of hydrogen-bond acceptors (Lipinski definition) is 4. The highest BCUT2D eigenvalue weighted by Crippen LogP contribution is 2.09. The zero-order valence-electron chi connectivity index (χ0n) is 8.40. The van der Waals surface area contributed by atoms with Gasteiger partial charge < -0.3 is 5.32 Å². The van der Waals surface area contributed by atoms with Crippen molar-refractivity contribution in [1.29, 1.82) is 0 Å². The van der Waals surface area contributed by atoms with Crippen LogP contribution in [0, 0.1) is 0 Å². The van der Waals surface area contributed by atoms with Crippen LogP contribution in [0.2, 0.25) is 5.02 Å². The second-order valence-electron chi connectivity index (χ2n) is 3.27. The number of aromatic nitrogens is 1. The molecule has 0 bridgehead atoms. The van der Waals surface area contributed by atoms with Gasteiger partial charge in [0.25, 0.3) is 0 Å². The molecule has 1 heterocycles. The summed E-state index contributed by atoms with van der Waals surface area (Å²) in [5, 5.41) is 3.59. The van der Waals surface area contributed by atoms with Crippen molar-refractivity contribution < 1.29 is 8.42 Å². The Morgan fingerprint density at radius 1 is 1.47 bits per heavy atom. The predicted molar refractivity (Wildman–Crippen MR) is 62.1 cm³/mol. The second-order valence-corrected chi connectivity index (χ2v) is 5.97. The van der Waals surface area contributed by atoms with Crippen molar-refractivity contribution in [3.63, 3.8) is 0 Å². The van der Waals surface area contributed by atoms with Gasteiger partial charge in [0.05, 0.1) is 10.8 Å². The number of halogens is 1. The molecule has 6 heteroatoms. The smallest absolute Gasteiger partial charge is 0.147 e. The molecule has 1 aromatic rings. The Morgan fingerprint density at radius 3 is 2.73 bits per heavy atom. The summed E-state index contributed by atoms with van der Waals surface area (Å²) in [6, 6.07) is 3.48. The van der Waals surface area contributed by atoms with Crippen LogP contribution in [-0.2, 0) is 9.84 Å². The van der Waals surface area contributed by atoms with Crippen LogP contribution in [-0.4, -0.2) is 32.0 Å². The van der Waals surface area contributed by atoms with E-state index in [0.29, 0.717) is 23.8 Å². The van der Waals surface area contributed by atoms with Crippen molar-refractivity contribution >= 4 is 27.3 Å². The summed E-state index contributed by atoms with van der Waals surface area (Å²) < 4.78 is 21.7. The molecule has 0 atom stereocenters. The van der Waals surface area contributed by atoms with Crippen molar-refractivity contribution in [2.75, 3.05) is 23.9 Å². The fourth-order valence-corrected chi connectivity index (χ4v) is 1.81. The van der Waals surface area contributed by atoms with E-state index in [9.17, 15) is 8.42 Å². The fraction of sp³-hybridized carbons (Fsp3) is 0.444. The van der Waals surface area contributed by atoms with Gasteiger partial charge in [0.15, 0.2) is 0 Å². The van der Waals surface area contributed by atoms with E-state index in [4.69, 9.17) is 11.6 Å². The van der Waals surface area contributed by atoms with Gasteiger partial charge in [-0.3, -0.25) is 0 Å². The lowest BCUT2D eigenvalue weighted by Gasteiger charge is -2.04. The molecule has 84 valence electrons. The SMILES string of the molecule is CS(=O)(=O)CCCNc1ccc(Cl)cn1. The summed E-state index contributed by atoms with van der Waals surface area (Å²) >= 11 is 5.66. The number of nitrogens with zero attached hydrogens (tertiary/aromatic N) is 1. The van der Waals surface area contributed by atoms with Crippen LogP contribution in [0.15, 0.2) is 18.3 Å². The fourth-order valence-electron chi connectivity index (χ4n) is 1.03. The first kappa shape index (κ1) is 12.3. The van der Waals surface area contributed by atoms with Crippen molar-refractivity contribution in [2.24, 2.45) is 0 Å². The maximum Gasteiger partial charge on any atom is 0.147 e. The lowest BCUT2D eigenvalue weighted by atomic mass is 10.4. The molecule has 0 aliphatic heterocycles. The third-order valence-electron chi connectivity index (χ3n) is 1.73. The van der Waals surface area contributed by atoms with E-state index in [-0.39, 0.29) is 5.75 Å². The van der Waals surface area contributed by atoms with Crippen LogP contribution in [0.5, 0.6) is 0 Å². The zero-order valence-corrected chi connectivity index (χ0v) is 9.98. The summed E-state index contributed by atoms with van der Waals surface area (Å²) in [4.78, 5) is 4.02. The molecule has 0 radical (unpaired) electrons. The minimum Gasteiger partial charge on any atom is -0.370 e. The first-order valence-electron chi connectivity index (χ1n) is 4.50. The van der Waals surface area contributed by atoms with Crippen molar-refractivity contribution in [3.8, 4) is 0 Å². The summed E-state index contributed by atoms with van der Waals surface area (Å²) in [6.45, 7) is 0.585. The predicted octanol–water partition coefficient (Wildman–Crippen LogP) is 1.58. The normalized spacial score (nSPS) is 11.3. The number of rotatable bonds is 5. The Labute approximate surface area is 94.6 Å². The van der Waals surface area contributed by atoms with E-state index in [0.717, 1.165) is 0 Å². The Balaban J connectivity index is 2.29. The molecule has 1 rings (SSSR count). The van der Waals surface area contributed by atoms with Gasteiger partial charge in [-0.25, -0.2) is 13.4 Å². The minimum absolute atomic E-state index is 0.188. The first-order valence-corrected chi connectivity index (χ1v) is 6.94. The Kier molecular flexibility index (Phi) is 4.35. The molecule has 15 heavy (non-hydrogen) atoms. The van der Waals surface area contributed by atoms with Crippen LogP contribution in [0.3, 0.4) is 0 Å². The number of anilines is 1. The standard InChI is InChI=1S/C9H13ClN2O2S/c1-15(13,14)6-2-5-11-9-4-3-8(10)7-12-9/h3-4,7H,2,5-6H2,1H3,(H,11,12). The molecule has 0 fully saturated rings. The minimum atomic E-state index is -2.87. The number of pyridine rings is 1. The van der Waals surface area contributed by atoms with E-state index >= 15 is 0 Å². The van der Waals surface area contributed by atoms with Crippen molar-refractivity contribution in [2.45, 2.75) is 6.42 Å². The van der Waals surface area contributed by atoms with Crippen LogP contribution in [0.25, 0.3) is 0 Å². The molecule has 0 aliphatic rings. The lowest BCUT2D eigenvalue weighted by Crippen LogP contribution is -2.10. The average molecular weight is 249 g/mol. The summed E-state index contributed by atoms with van der Waals surface area (Å²) in [6.07, 6.45) is 3.34. The second kappa shape index (κ2) is 5.32. The zero-order chi connectivity index (χ0) is 11.3. The van der Waals surface area contributed by atoms with Gasteiger partial charge in [0, 0.05) is 19.0 Å². The summed E-state index contributed by atoms with van der Waals surface area (Å²) in [5.41, 5.74) is 0. The van der Waals surface area contributed by atoms with Crippen molar-refractivity contribution in [1.82, 2.24) is 4.98 Å². The topological polar surface area (TPSA) is 59.1 Å². The quantitative estimate of drug-likeness (QED) is 0.804.